The Morgan fingerprint density at radius 2 is 1.76 bits per heavy atom. The second kappa shape index (κ2) is 7.19. The molecule has 3 aromatic rings. The molecule has 0 unspecified atom stereocenters. The van der Waals surface area contributed by atoms with Crippen LogP contribution < -0.4 is 10.6 Å². The highest BCUT2D eigenvalue weighted by molar-refractivity contribution is 5.89. The van der Waals surface area contributed by atoms with Crippen molar-refractivity contribution in [3.05, 3.63) is 78.6 Å². The molecule has 6 nitrogen and oxygen atoms in total. The van der Waals surface area contributed by atoms with Gasteiger partial charge in [0.15, 0.2) is 0 Å². The highest BCUT2D eigenvalue weighted by atomic mass is 16.3. The molecular formula is C19H20N4O2. The number of nitrogens with zero attached hydrogens (tertiary/aromatic N) is 2. The van der Waals surface area contributed by atoms with Crippen LogP contribution in [0.1, 0.15) is 12.5 Å². The fourth-order valence-corrected chi connectivity index (χ4v) is 2.44. The van der Waals surface area contributed by atoms with Gasteiger partial charge in [-0.3, -0.25) is 0 Å². The second-order valence-electron chi connectivity index (χ2n) is 5.96. The Morgan fingerprint density at radius 1 is 1.12 bits per heavy atom. The minimum absolute atomic E-state index is 0.0929. The van der Waals surface area contributed by atoms with Crippen LogP contribution in [0.15, 0.2) is 73.1 Å². The van der Waals surface area contributed by atoms with Gasteiger partial charge in [0.25, 0.3) is 0 Å². The van der Waals surface area contributed by atoms with Crippen molar-refractivity contribution in [3.8, 4) is 5.69 Å². The fourth-order valence-electron chi connectivity index (χ4n) is 2.44. The van der Waals surface area contributed by atoms with Crippen LogP contribution in [0.3, 0.4) is 0 Å². The Labute approximate surface area is 146 Å². The van der Waals surface area contributed by atoms with Crippen LogP contribution in [0.4, 0.5) is 10.5 Å². The van der Waals surface area contributed by atoms with Crippen LogP contribution >= 0.6 is 0 Å². The third-order valence-electron chi connectivity index (χ3n) is 3.85. The van der Waals surface area contributed by atoms with Crippen molar-refractivity contribution in [2.45, 2.75) is 12.5 Å². The summed E-state index contributed by atoms with van der Waals surface area (Å²) in [7, 11) is 0. The number of rotatable bonds is 5. The van der Waals surface area contributed by atoms with Gasteiger partial charge in [-0.15, -0.1) is 0 Å². The molecule has 0 aliphatic rings. The minimum Gasteiger partial charge on any atom is -0.384 e. The summed E-state index contributed by atoms with van der Waals surface area (Å²) in [6.07, 6.45) is 3.30. The molecule has 0 saturated heterocycles. The van der Waals surface area contributed by atoms with Crippen molar-refractivity contribution in [1.29, 1.82) is 0 Å². The standard InChI is InChI=1S/C19H20N4O2/c1-19(25,15-8-4-2-5-9-15)14-20-18(24)22-16-12-21-23(13-16)17-10-6-3-7-11-17/h2-13,25H,14H2,1H3,(H2,20,22,24)/t19-/m0/s1. The number of hydrogen-bond acceptors (Lipinski definition) is 3. The summed E-state index contributed by atoms with van der Waals surface area (Å²) in [5.41, 5.74) is 1.07. The number of hydrogen-bond donors (Lipinski definition) is 3. The van der Waals surface area contributed by atoms with Crippen molar-refractivity contribution in [2.24, 2.45) is 0 Å². The molecule has 128 valence electrons. The third-order valence-corrected chi connectivity index (χ3v) is 3.85. The lowest BCUT2D eigenvalue weighted by atomic mass is 9.96. The monoisotopic (exact) mass is 336 g/mol. The molecule has 0 radical (unpaired) electrons. The van der Waals surface area contributed by atoms with Crippen LogP contribution in [0, 0.1) is 0 Å². The Kier molecular flexibility index (Phi) is 4.81. The number of aliphatic hydroxyl groups is 1. The molecule has 3 rings (SSSR count). The number of carbonyl (C=O) groups excluding carboxylic acids is 1. The SMILES string of the molecule is C[C@](O)(CNC(=O)Nc1cnn(-c2ccccc2)c1)c1ccccc1. The smallest absolute Gasteiger partial charge is 0.319 e. The Morgan fingerprint density at radius 3 is 2.44 bits per heavy atom. The first-order valence-corrected chi connectivity index (χ1v) is 7.97. The number of nitrogens with one attached hydrogen (secondary N) is 2. The summed E-state index contributed by atoms with van der Waals surface area (Å²) < 4.78 is 1.68. The first kappa shape index (κ1) is 16.7. The van der Waals surface area contributed by atoms with E-state index in [-0.39, 0.29) is 6.54 Å². The molecule has 6 heteroatoms. The summed E-state index contributed by atoms with van der Waals surface area (Å²) in [5.74, 6) is 0. The van der Waals surface area contributed by atoms with E-state index in [9.17, 15) is 9.90 Å². The molecule has 0 fully saturated rings. The van der Waals surface area contributed by atoms with Crippen LogP contribution in [0.5, 0.6) is 0 Å². The van der Waals surface area contributed by atoms with Gasteiger partial charge in [0.1, 0.15) is 5.60 Å². The molecule has 3 N–H and O–H groups in total. The van der Waals surface area contributed by atoms with E-state index >= 15 is 0 Å². The van der Waals surface area contributed by atoms with Gasteiger partial charge in [-0.05, 0) is 24.6 Å². The van der Waals surface area contributed by atoms with Gasteiger partial charge < -0.3 is 15.7 Å². The van der Waals surface area contributed by atoms with Gasteiger partial charge in [-0.2, -0.15) is 5.10 Å². The quantitative estimate of drug-likeness (QED) is 0.670. The number of benzene rings is 2. The van der Waals surface area contributed by atoms with Crippen molar-refractivity contribution in [2.75, 3.05) is 11.9 Å². The van der Waals surface area contributed by atoms with Gasteiger partial charge in [0, 0.05) is 0 Å². The van der Waals surface area contributed by atoms with Gasteiger partial charge in [-0.1, -0.05) is 48.5 Å². The van der Waals surface area contributed by atoms with Gasteiger partial charge in [-0.25, -0.2) is 9.48 Å². The number of carbonyl (C=O) groups is 1. The Hall–Kier alpha value is -3.12. The van der Waals surface area contributed by atoms with Crippen molar-refractivity contribution < 1.29 is 9.90 Å². The molecule has 0 aliphatic carbocycles. The zero-order valence-corrected chi connectivity index (χ0v) is 13.9. The zero-order chi connectivity index (χ0) is 17.7. The predicted octanol–water partition coefficient (Wildman–Crippen LogP) is 2.90. The maximum absolute atomic E-state index is 12.1. The van der Waals surface area contributed by atoms with Crippen molar-refractivity contribution >= 4 is 11.7 Å². The molecule has 0 aliphatic heterocycles. The molecule has 1 atom stereocenters. The van der Waals surface area contributed by atoms with Gasteiger partial charge in [0.05, 0.1) is 30.3 Å². The summed E-state index contributed by atoms with van der Waals surface area (Å²) in [6, 6.07) is 18.4. The first-order valence-electron chi connectivity index (χ1n) is 7.97. The van der Waals surface area contributed by atoms with Crippen LogP contribution in [-0.2, 0) is 5.60 Å². The van der Waals surface area contributed by atoms with E-state index < -0.39 is 11.6 Å². The van der Waals surface area contributed by atoms with E-state index in [1.807, 2.05) is 60.7 Å². The van der Waals surface area contributed by atoms with Crippen LogP contribution in [0.25, 0.3) is 5.69 Å². The highest BCUT2D eigenvalue weighted by Gasteiger charge is 2.23. The normalized spacial score (nSPS) is 13.0. The molecule has 25 heavy (non-hydrogen) atoms. The molecular weight excluding hydrogens is 316 g/mol. The fraction of sp³-hybridized carbons (Fsp3) is 0.158. The summed E-state index contributed by atoms with van der Waals surface area (Å²) in [4.78, 5) is 12.1. The highest BCUT2D eigenvalue weighted by Crippen LogP contribution is 2.19. The zero-order valence-electron chi connectivity index (χ0n) is 13.9. The molecule has 0 saturated carbocycles. The van der Waals surface area contributed by atoms with E-state index in [1.165, 1.54) is 0 Å². The number of para-hydroxylation sites is 1. The third kappa shape index (κ3) is 4.24. The molecule has 1 aromatic heterocycles. The van der Waals surface area contributed by atoms with E-state index in [0.29, 0.717) is 5.69 Å². The molecule has 0 spiro atoms. The maximum Gasteiger partial charge on any atom is 0.319 e. The minimum atomic E-state index is -1.15. The molecule has 2 amide bonds. The summed E-state index contributed by atoms with van der Waals surface area (Å²) in [6.45, 7) is 1.76. The average Bonchev–Trinajstić information content (AvgIpc) is 3.10. The van der Waals surface area contributed by atoms with E-state index in [2.05, 4.69) is 15.7 Å². The van der Waals surface area contributed by atoms with Crippen LogP contribution in [-0.4, -0.2) is 27.5 Å². The Balaban J connectivity index is 1.57. The Bertz CT molecular complexity index is 829. The summed E-state index contributed by atoms with van der Waals surface area (Å²) in [5, 5.41) is 20.1. The lowest BCUT2D eigenvalue weighted by Gasteiger charge is -2.24. The number of urea groups is 1. The number of anilines is 1. The second-order valence-corrected chi connectivity index (χ2v) is 5.96. The van der Waals surface area contributed by atoms with Crippen molar-refractivity contribution in [1.82, 2.24) is 15.1 Å². The van der Waals surface area contributed by atoms with Gasteiger partial charge >= 0.3 is 6.03 Å². The van der Waals surface area contributed by atoms with Gasteiger partial charge in [0.2, 0.25) is 0 Å². The topological polar surface area (TPSA) is 79.2 Å². The summed E-state index contributed by atoms with van der Waals surface area (Å²) >= 11 is 0. The van der Waals surface area contributed by atoms with E-state index in [1.54, 1.807) is 24.0 Å². The largest absolute Gasteiger partial charge is 0.384 e. The van der Waals surface area contributed by atoms with Crippen LogP contribution in [0.2, 0.25) is 0 Å². The molecule has 1 heterocycles. The first-order chi connectivity index (χ1) is 12.0. The number of amides is 2. The molecule has 2 aromatic carbocycles. The maximum atomic E-state index is 12.1. The molecule has 0 bridgehead atoms. The van der Waals surface area contributed by atoms with E-state index in [0.717, 1.165) is 11.3 Å². The average molecular weight is 336 g/mol. The predicted molar refractivity (Wildman–Crippen MR) is 96.6 cm³/mol. The van der Waals surface area contributed by atoms with E-state index in [4.69, 9.17) is 0 Å². The lowest BCUT2D eigenvalue weighted by Crippen LogP contribution is -2.40. The lowest BCUT2D eigenvalue weighted by molar-refractivity contribution is 0.0599. The number of aromatic nitrogens is 2. The van der Waals surface area contributed by atoms with Crippen molar-refractivity contribution in [3.63, 3.8) is 0 Å².